The number of pyridine rings is 1. The van der Waals surface area contributed by atoms with Gasteiger partial charge in [-0.15, -0.1) is 0 Å². The number of ether oxygens (including phenoxy) is 1. The minimum absolute atomic E-state index is 0.247. The van der Waals surface area contributed by atoms with Gasteiger partial charge in [0.05, 0.1) is 12.3 Å². The highest BCUT2D eigenvalue weighted by molar-refractivity contribution is 5.03. The van der Waals surface area contributed by atoms with Gasteiger partial charge in [-0.25, -0.2) is 0 Å². The van der Waals surface area contributed by atoms with Crippen LogP contribution >= 0.6 is 0 Å². The van der Waals surface area contributed by atoms with Crippen LogP contribution in [0.1, 0.15) is 5.69 Å². The second-order valence-electron chi connectivity index (χ2n) is 3.58. The van der Waals surface area contributed by atoms with Crippen molar-refractivity contribution >= 4 is 0 Å². The Bertz CT molecular complexity index is 266. The molecule has 0 saturated carbocycles. The molecule has 84 valence electrons. The highest BCUT2D eigenvalue weighted by Gasteiger charge is 2.12. The Kier molecular flexibility index (Phi) is 5.25. The molecule has 0 aliphatic carbocycles. The van der Waals surface area contributed by atoms with Crippen molar-refractivity contribution in [3.8, 4) is 0 Å². The molecule has 2 N–H and O–H groups in total. The van der Waals surface area contributed by atoms with Crippen molar-refractivity contribution < 1.29 is 4.74 Å². The molecule has 0 amide bonds. The standard InChI is InChI=1S/C11H19N3O/c1-14(11(7-12)9-15-2)8-10-5-3-4-6-13-10/h3-6,11H,7-9,12H2,1-2H3. The van der Waals surface area contributed by atoms with E-state index in [9.17, 15) is 0 Å². The second kappa shape index (κ2) is 6.50. The van der Waals surface area contributed by atoms with Crippen LogP contribution < -0.4 is 5.73 Å². The first-order valence-corrected chi connectivity index (χ1v) is 5.07. The van der Waals surface area contributed by atoms with Crippen molar-refractivity contribution in [2.24, 2.45) is 5.73 Å². The van der Waals surface area contributed by atoms with Crippen LogP contribution in [-0.4, -0.2) is 43.2 Å². The third kappa shape index (κ3) is 3.95. The van der Waals surface area contributed by atoms with Gasteiger partial charge in [0.1, 0.15) is 0 Å². The largest absolute Gasteiger partial charge is 0.383 e. The first-order valence-electron chi connectivity index (χ1n) is 5.07. The van der Waals surface area contributed by atoms with Gasteiger partial charge in [-0.2, -0.15) is 0 Å². The van der Waals surface area contributed by atoms with E-state index in [1.807, 2.05) is 25.2 Å². The predicted molar refractivity (Wildman–Crippen MR) is 60.4 cm³/mol. The SMILES string of the molecule is COCC(CN)N(C)Cc1ccccn1. The molecule has 4 heteroatoms. The number of hydrogen-bond acceptors (Lipinski definition) is 4. The van der Waals surface area contributed by atoms with Crippen molar-refractivity contribution in [1.82, 2.24) is 9.88 Å². The Morgan fingerprint density at radius 1 is 1.53 bits per heavy atom. The van der Waals surface area contributed by atoms with Crippen LogP contribution in [0.15, 0.2) is 24.4 Å². The predicted octanol–water partition coefficient (Wildman–Crippen LogP) is 0.487. The third-order valence-electron chi connectivity index (χ3n) is 2.39. The fourth-order valence-electron chi connectivity index (χ4n) is 1.44. The average molecular weight is 209 g/mol. The average Bonchev–Trinajstić information content (AvgIpc) is 2.27. The van der Waals surface area contributed by atoms with Crippen molar-refractivity contribution in [3.05, 3.63) is 30.1 Å². The molecule has 1 aromatic heterocycles. The summed E-state index contributed by atoms with van der Waals surface area (Å²) in [5.74, 6) is 0. The topological polar surface area (TPSA) is 51.4 Å². The van der Waals surface area contributed by atoms with Crippen molar-refractivity contribution in [2.45, 2.75) is 12.6 Å². The molecule has 1 unspecified atom stereocenters. The van der Waals surface area contributed by atoms with Crippen molar-refractivity contribution in [3.63, 3.8) is 0 Å². The summed E-state index contributed by atoms with van der Waals surface area (Å²) < 4.78 is 5.11. The Morgan fingerprint density at radius 2 is 2.33 bits per heavy atom. The lowest BCUT2D eigenvalue weighted by molar-refractivity contribution is 0.106. The molecule has 0 bridgehead atoms. The van der Waals surface area contributed by atoms with E-state index in [1.165, 1.54) is 0 Å². The molecule has 15 heavy (non-hydrogen) atoms. The first-order chi connectivity index (χ1) is 7.27. The number of likely N-dealkylation sites (N-methyl/N-ethyl adjacent to an activating group) is 1. The molecular formula is C11H19N3O. The monoisotopic (exact) mass is 209 g/mol. The van der Waals surface area contributed by atoms with E-state index < -0.39 is 0 Å². The fraction of sp³-hybridized carbons (Fsp3) is 0.545. The highest BCUT2D eigenvalue weighted by Crippen LogP contribution is 2.03. The number of hydrogen-bond donors (Lipinski definition) is 1. The van der Waals surface area contributed by atoms with Gasteiger partial charge >= 0.3 is 0 Å². The van der Waals surface area contributed by atoms with Gasteiger partial charge in [0.2, 0.25) is 0 Å². The summed E-state index contributed by atoms with van der Waals surface area (Å²) in [6.07, 6.45) is 1.80. The molecule has 0 fully saturated rings. The summed E-state index contributed by atoms with van der Waals surface area (Å²) in [6, 6.07) is 6.16. The summed E-state index contributed by atoms with van der Waals surface area (Å²) in [5.41, 5.74) is 6.72. The Morgan fingerprint density at radius 3 is 2.87 bits per heavy atom. The quantitative estimate of drug-likeness (QED) is 0.740. The van der Waals surface area contributed by atoms with Crippen molar-refractivity contribution in [1.29, 1.82) is 0 Å². The maximum Gasteiger partial charge on any atom is 0.0630 e. The van der Waals surface area contributed by atoms with Gasteiger partial charge in [-0.3, -0.25) is 9.88 Å². The Labute approximate surface area is 91.1 Å². The van der Waals surface area contributed by atoms with Crippen LogP contribution in [0.3, 0.4) is 0 Å². The van der Waals surface area contributed by atoms with Crippen LogP contribution in [0.25, 0.3) is 0 Å². The summed E-state index contributed by atoms with van der Waals surface area (Å²) in [7, 11) is 3.72. The smallest absolute Gasteiger partial charge is 0.0630 e. The van der Waals surface area contributed by atoms with Gasteiger partial charge in [0.25, 0.3) is 0 Å². The maximum absolute atomic E-state index is 5.67. The minimum Gasteiger partial charge on any atom is -0.383 e. The van der Waals surface area contributed by atoms with Gasteiger partial charge in [0.15, 0.2) is 0 Å². The number of rotatable bonds is 6. The van der Waals surface area contributed by atoms with E-state index >= 15 is 0 Å². The molecule has 0 saturated heterocycles. The molecule has 4 nitrogen and oxygen atoms in total. The lowest BCUT2D eigenvalue weighted by Gasteiger charge is -2.25. The zero-order chi connectivity index (χ0) is 11.1. The van der Waals surface area contributed by atoms with Gasteiger partial charge in [-0.05, 0) is 19.2 Å². The number of nitrogens with two attached hydrogens (primary N) is 1. The van der Waals surface area contributed by atoms with E-state index in [0.29, 0.717) is 13.2 Å². The molecule has 0 spiro atoms. The number of aromatic nitrogens is 1. The lowest BCUT2D eigenvalue weighted by Crippen LogP contribution is -2.40. The van der Waals surface area contributed by atoms with Crippen LogP contribution in [0.2, 0.25) is 0 Å². The van der Waals surface area contributed by atoms with E-state index in [1.54, 1.807) is 13.3 Å². The molecule has 1 aromatic rings. The van der Waals surface area contributed by atoms with E-state index in [2.05, 4.69) is 9.88 Å². The normalized spacial score (nSPS) is 13.1. The molecule has 1 heterocycles. The summed E-state index contributed by atoms with van der Waals surface area (Å²) in [6.45, 7) is 2.04. The minimum atomic E-state index is 0.247. The molecule has 0 aromatic carbocycles. The van der Waals surface area contributed by atoms with Gasteiger partial charge in [0, 0.05) is 32.4 Å². The van der Waals surface area contributed by atoms with Crippen LogP contribution in [0.5, 0.6) is 0 Å². The van der Waals surface area contributed by atoms with E-state index in [0.717, 1.165) is 12.2 Å². The fourth-order valence-corrected chi connectivity index (χ4v) is 1.44. The Balaban J connectivity index is 2.50. The van der Waals surface area contributed by atoms with Crippen molar-refractivity contribution in [2.75, 3.05) is 27.3 Å². The number of nitrogens with zero attached hydrogens (tertiary/aromatic N) is 2. The summed E-state index contributed by atoms with van der Waals surface area (Å²) >= 11 is 0. The van der Waals surface area contributed by atoms with Gasteiger partial charge in [-0.1, -0.05) is 6.07 Å². The molecule has 0 aliphatic heterocycles. The Hall–Kier alpha value is -0.970. The summed E-state index contributed by atoms with van der Waals surface area (Å²) in [4.78, 5) is 6.43. The number of methoxy groups -OCH3 is 1. The molecule has 1 rings (SSSR count). The van der Waals surface area contributed by atoms with Gasteiger partial charge < -0.3 is 10.5 Å². The van der Waals surface area contributed by atoms with Crippen LogP contribution in [0.4, 0.5) is 0 Å². The second-order valence-corrected chi connectivity index (χ2v) is 3.58. The first kappa shape index (κ1) is 12.1. The zero-order valence-corrected chi connectivity index (χ0v) is 9.39. The molecule has 1 atom stereocenters. The zero-order valence-electron chi connectivity index (χ0n) is 9.39. The lowest BCUT2D eigenvalue weighted by atomic mass is 10.2. The molecule has 0 radical (unpaired) electrons. The van der Waals surface area contributed by atoms with Crippen LogP contribution in [-0.2, 0) is 11.3 Å². The maximum atomic E-state index is 5.67. The van der Waals surface area contributed by atoms with E-state index in [4.69, 9.17) is 10.5 Å². The summed E-state index contributed by atoms with van der Waals surface area (Å²) in [5, 5.41) is 0. The highest BCUT2D eigenvalue weighted by atomic mass is 16.5. The van der Waals surface area contributed by atoms with Crippen LogP contribution in [0, 0.1) is 0 Å². The van der Waals surface area contributed by atoms with E-state index in [-0.39, 0.29) is 6.04 Å². The molecular weight excluding hydrogens is 190 g/mol. The molecule has 0 aliphatic rings. The third-order valence-corrected chi connectivity index (χ3v) is 2.39.